The molecule has 0 spiro atoms. The first-order chi connectivity index (χ1) is 6.68. The number of phenols is 1. The maximum Gasteiger partial charge on any atom is 0.125 e. The second kappa shape index (κ2) is 3.23. The minimum atomic E-state index is 0.183. The Morgan fingerprint density at radius 3 is 2.57 bits per heavy atom. The highest BCUT2D eigenvalue weighted by molar-refractivity contribution is 7.14. The lowest BCUT2D eigenvalue weighted by molar-refractivity contribution is 0.477. The zero-order valence-corrected chi connectivity index (χ0v) is 8.21. The summed E-state index contributed by atoms with van der Waals surface area (Å²) in [6, 6.07) is 6.88. The molecule has 0 aliphatic heterocycles. The number of aromatic hydroxyl groups is 1. The summed E-state index contributed by atoms with van der Waals surface area (Å²) in [5.41, 5.74) is 13.5. The highest BCUT2D eigenvalue weighted by Gasteiger charge is 2.09. The number of benzene rings is 1. The molecule has 0 saturated heterocycles. The standard InChI is InChI=1S/C10H10N2OS/c11-7-2-1-3-8(13)10(7)6-4-9(12)14-5-6/h1-5,13H,11-12H2. The Morgan fingerprint density at radius 2 is 2.00 bits per heavy atom. The zero-order chi connectivity index (χ0) is 10.1. The number of phenolic OH excluding ortho intramolecular Hbond substituents is 1. The molecule has 1 aromatic heterocycles. The van der Waals surface area contributed by atoms with Crippen molar-refractivity contribution in [1.82, 2.24) is 0 Å². The second-order valence-corrected chi connectivity index (χ2v) is 3.92. The van der Waals surface area contributed by atoms with Crippen LogP contribution in [0.4, 0.5) is 10.7 Å². The van der Waals surface area contributed by atoms with E-state index in [-0.39, 0.29) is 5.75 Å². The van der Waals surface area contributed by atoms with E-state index in [1.54, 1.807) is 24.3 Å². The number of anilines is 2. The van der Waals surface area contributed by atoms with Crippen LogP contribution < -0.4 is 11.5 Å². The molecule has 5 N–H and O–H groups in total. The van der Waals surface area contributed by atoms with Gasteiger partial charge in [0.05, 0.1) is 5.00 Å². The van der Waals surface area contributed by atoms with E-state index in [1.165, 1.54) is 11.3 Å². The summed E-state index contributed by atoms with van der Waals surface area (Å²) in [5.74, 6) is 0.183. The quantitative estimate of drug-likeness (QED) is 0.627. The molecule has 72 valence electrons. The molecule has 2 aromatic rings. The summed E-state index contributed by atoms with van der Waals surface area (Å²) < 4.78 is 0. The van der Waals surface area contributed by atoms with Crippen LogP contribution in [-0.2, 0) is 0 Å². The van der Waals surface area contributed by atoms with Crippen molar-refractivity contribution in [3.8, 4) is 16.9 Å². The summed E-state index contributed by atoms with van der Waals surface area (Å²) in [7, 11) is 0. The third-order valence-corrected chi connectivity index (χ3v) is 2.74. The highest BCUT2D eigenvalue weighted by atomic mass is 32.1. The Kier molecular flexibility index (Phi) is 2.05. The normalized spacial score (nSPS) is 10.3. The van der Waals surface area contributed by atoms with Gasteiger partial charge in [-0.2, -0.15) is 0 Å². The number of hydrogen-bond acceptors (Lipinski definition) is 4. The largest absolute Gasteiger partial charge is 0.507 e. The Labute approximate surface area is 85.6 Å². The van der Waals surface area contributed by atoms with Gasteiger partial charge in [0.15, 0.2) is 0 Å². The lowest BCUT2D eigenvalue weighted by Crippen LogP contribution is -1.88. The van der Waals surface area contributed by atoms with Gasteiger partial charge in [0.1, 0.15) is 5.75 Å². The van der Waals surface area contributed by atoms with Gasteiger partial charge in [0, 0.05) is 22.2 Å². The Balaban J connectivity index is 2.61. The van der Waals surface area contributed by atoms with Crippen molar-refractivity contribution in [2.45, 2.75) is 0 Å². The van der Waals surface area contributed by atoms with Gasteiger partial charge >= 0.3 is 0 Å². The molecule has 0 atom stereocenters. The molecule has 0 unspecified atom stereocenters. The van der Waals surface area contributed by atoms with Crippen molar-refractivity contribution < 1.29 is 5.11 Å². The molecule has 0 radical (unpaired) electrons. The van der Waals surface area contributed by atoms with Gasteiger partial charge in [0.25, 0.3) is 0 Å². The van der Waals surface area contributed by atoms with Crippen LogP contribution in [0.3, 0.4) is 0 Å². The van der Waals surface area contributed by atoms with Crippen molar-refractivity contribution >= 4 is 22.0 Å². The third kappa shape index (κ3) is 1.40. The minimum absolute atomic E-state index is 0.183. The second-order valence-electron chi connectivity index (χ2n) is 2.98. The topological polar surface area (TPSA) is 72.3 Å². The predicted octanol–water partition coefficient (Wildman–Crippen LogP) is 2.29. The van der Waals surface area contributed by atoms with E-state index < -0.39 is 0 Å². The fourth-order valence-electron chi connectivity index (χ4n) is 1.36. The molecule has 0 amide bonds. The molecule has 0 aliphatic carbocycles. The lowest BCUT2D eigenvalue weighted by atomic mass is 10.1. The predicted molar refractivity (Wildman–Crippen MR) is 60.2 cm³/mol. The lowest BCUT2D eigenvalue weighted by Gasteiger charge is -2.05. The fraction of sp³-hybridized carbons (Fsp3) is 0. The van der Waals surface area contributed by atoms with Gasteiger partial charge in [-0.3, -0.25) is 0 Å². The number of thiophene rings is 1. The van der Waals surface area contributed by atoms with Crippen molar-refractivity contribution in [2.24, 2.45) is 0 Å². The summed E-state index contributed by atoms with van der Waals surface area (Å²) in [4.78, 5) is 0. The molecule has 14 heavy (non-hydrogen) atoms. The summed E-state index contributed by atoms with van der Waals surface area (Å²) in [5, 5.41) is 12.2. The maximum atomic E-state index is 9.64. The summed E-state index contributed by atoms with van der Waals surface area (Å²) in [6.07, 6.45) is 0. The van der Waals surface area contributed by atoms with Crippen molar-refractivity contribution in [2.75, 3.05) is 11.5 Å². The molecule has 0 aliphatic rings. The molecule has 0 bridgehead atoms. The van der Waals surface area contributed by atoms with E-state index in [9.17, 15) is 5.11 Å². The van der Waals surface area contributed by atoms with Gasteiger partial charge in [-0.25, -0.2) is 0 Å². The average Bonchev–Trinajstić information content (AvgIpc) is 2.51. The van der Waals surface area contributed by atoms with Gasteiger partial charge in [0.2, 0.25) is 0 Å². The van der Waals surface area contributed by atoms with Gasteiger partial charge in [-0.05, 0) is 18.2 Å². The minimum Gasteiger partial charge on any atom is -0.507 e. The first-order valence-corrected chi connectivity index (χ1v) is 4.98. The molecule has 3 nitrogen and oxygen atoms in total. The van der Waals surface area contributed by atoms with E-state index in [0.29, 0.717) is 16.3 Å². The fourth-order valence-corrected chi connectivity index (χ4v) is 2.00. The van der Waals surface area contributed by atoms with Crippen LogP contribution in [0.5, 0.6) is 5.75 Å². The van der Waals surface area contributed by atoms with Crippen LogP contribution in [0.25, 0.3) is 11.1 Å². The van der Waals surface area contributed by atoms with Crippen LogP contribution in [0, 0.1) is 0 Å². The van der Waals surface area contributed by atoms with Crippen LogP contribution >= 0.6 is 11.3 Å². The maximum absolute atomic E-state index is 9.64. The van der Waals surface area contributed by atoms with Gasteiger partial charge < -0.3 is 16.6 Å². The molecule has 2 rings (SSSR count). The molecule has 0 fully saturated rings. The SMILES string of the molecule is Nc1cc(-c2c(N)cccc2O)cs1. The molecule has 1 heterocycles. The van der Waals surface area contributed by atoms with E-state index >= 15 is 0 Å². The summed E-state index contributed by atoms with van der Waals surface area (Å²) in [6.45, 7) is 0. The van der Waals surface area contributed by atoms with Crippen LogP contribution in [0.1, 0.15) is 0 Å². The van der Waals surface area contributed by atoms with Crippen molar-refractivity contribution in [1.29, 1.82) is 0 Å². The summed E-state index contributed by atoms with van der Waals surface area (Å²) >= 11 is 1.43. The first kappa shape index (κ1) is 8.90. The van der Waals surface area contributed by atoms with Crippen molar-refractivity contribution in [3.63, 3.8) is 0 Å². The number of rotatable bonds is 1. The molecule has 1 aromatic carbocycles. The molecular weight excluding hydrogens is 196 g/mol. The van der Waals surface area contributed by atoms with Crippen molar-refractivity contribution in [3.05, 3.63) is 29.6 Å². The number of nitrogen functional groups attached to an aromatic ring is 2. The van der Waals surface area contributed by atoms with E-state index in [2.05, 4.69) is 0 Å². The molecule has 0 saturated carbocycles. The van der Waals surface area contributed by atoms with Crippen LogP contribution in [0.15, 0.2) is 29.6 Å². The molecular formula is C10H10N2OS. The Morgan fingerprint density at radius 1 is 1.21 bits per heavy atom. The van der Waals surface area contributed by atoms with Crippen LogP contribution in [0.2, 0.25) is 0 Å². The smallest absolute Gasteiger partial charge is 0.125 e. The third-order valence-electron chi connectivity index (χ3n) is 1.98. The first-order valence-electron chi connectivity index (χ1n) is 4.10. The average molecular weight is 206 g/mol. The van der Waals surface area contributed by atoms with Gasteiger partial charge in [-0.15, -0.1) is 11.3 Å². The zero-order valence-electron chi connectivity index (χ0n) is 7.40. The number of nitrogens with two attached hydrogens (primary N) is 2. The van der Waals surface area contributed by atoms with Crippen LogP contribution in [-0.4, -0.2) is 5.11 Å². The van der Waals surface area contributed by atoms with E-state index in [0.717, 1.165) is 5.56 Å². The van der Waals surface area contributed by atoms with Gasteiger partial charge in [-0.1, -0.05) is 6.07 Å². The Bertz CT molecular complexity index is 445. The highest BCUT2D eigenvalue weighted by Crippen LogP contribution is 2.37. The van der Waals surface area contributed by atoms with E-state index in [4.69, 9.17) is 11.5 Å². The molecule has 4 heteroatoms. The Hall–Kier alpha value is -1.68. The van der Waals surface area contributed by atoms with E-state index in [1.807, 2.05) is 5.38 Å². The monoisotopic (exact) mass is 206 g/mol. The number of hydrogen-bond donors (Lipinski definition) is 3.